The van der Waals surface area contributed by atoms with Gasteiger partial charge >= 0.3 is 0 Å². The van der Waals surface area contributed by atoms with Crippen LogP contribution in [0.15, 0.2) is 42.6 Å². The van der Waals surface area contributed by atoms with E-state index >= 15 is 0 Å². The molecule has 0 saturated heterocycles. The van der Waals surface area contributed by atoms with Gasteiger partial charge in [0.1, 0.15) is 11.8 Å². The van der Waals surface area contributed by atoms with E-state index < -0.39 is 0 Å². The van der Waals surface area contributed by atoms with Crippen molar-refractivity contribution in [3.05, 3.63) is 48.3 Å². The van der Waals surface area contributed by atoms with E-state index in [1.54, 1.807) is 12.3 Å². The molecule has 0 fully saturated rings. The predicted molar refractivity (Wildman–Crippen MR) is 61.8 cm³/mol. The van der Waals surface area contributed by atoms with E-state index in [4.69, 9.17) is 5.26 Å². The summed E-state index contributed by atoms with van der Waals surface area (Å²) in [5.41, 5.74) is 1.02. The van der Waals surface area contributed by atoms with Gasteiger partial charge in [-0.2, -0.15) is 5.26 Å². The van der Waals surface area contributed by atoms with E-state index in [0.717, 1.165) is 16.2 Å². The molecule has 2 heterocycles. The first-order valence-electron chi connectivity index (χ1n) is 4.93. The summed E-state index contributed by atoms with van der Waals surface area (Å²) >= 11 is 0. The molecule has 0 spiro atoms. The maximum atomic E-state index is 8.77. The van der Waals surface area contributed by atoms with Gasteiger partial charge in [0.2, 0.25) is 0 Å². The first-order chi connectivity index (χ1) is 7.88. The van der Waals surface area contributed by atoms with Crippen LogP contribution in [-0.4, -0.2) is 9.97 Å². The van der Waals surface area contributed by atoms with Crippen LogP contribution in [0.25, 0.3) is 21.8 Å². The molecular weight excluding hydrogens is 198 g/mol. The minimum absolute atomic E-state index is 0.398. The summed E-state index contributed by atoms with van der Waals surface area (Å²) < 4.78 is 0. The lowest BCUT2D eigenvalue weighted by molar-refractivity contribution is 1.26. The third-order valence-electron chi connectivity index (χ3n) is 2.57. The minimum Gasteiger partial charge on any atom is -0.236 e. The topological polar surface area (TPSA) is 49.6 Å². The molecule has 0 N–H and O–H groups in total. The number of benzene rings is 1. The summed E-state index contributed by atoms with van der Waals surface area (Å²) in [7, 11) is 0. The Morgan fingerprint density at radius 2 is 1.88 bits per heavy atom. The van der Waals surface area contributed by atoms with Crippen molar-refractivity contribution in [2.24, 2.45) is 0 Å². The third-order valence-corrected chi connectivity index (χ3v) is 2.57. The van der Waals surface area contributed by atoms with E-state index in [0.29, 0.717) is 11.3 Å². The number of nitriles is 1. The lowest BCUT2D eigenvalue weighted by Gasteiger charge is -2.01. The van der Waals surface area contributed by atoms with Gasteiger partial charge in [-0.15, -0.1) is 0 Å². The highest BCUT2D eigenvalue weighted by Crippen LogP contribution is 2.21. The second-order valence-electron chi connectivity index (χ2n) is 3.52. The molecule has 3 nitrogen and oxygen atoms in total. The number of hydrogen-bond donors (Lipinski definition) is 0. The van der Waals surface area contributed by atoms with Crippen LogP contribution < -0.4 is 0 Å². The molecule has 0 aliphatic carbocycles. The highest BCUT2D eigenvalue weighted by atomic mass is 14.8. The van der Waals surface area contributed by atoms with Crippen LogP contribution in [0.2, 0.25) is 0 Å². The molecule has 3 rings (SSSR count). The Bertz CT molecular complexity index is 726. The zero-order chi connectivity index (χ0) is 11.0. The fourth-order valence-corrected chi connectivity index (χ4v) is 1.80. The molecule has 0 saturated carbocycles. The second kappa shape index (κ2) is 3.28. The summed E-state index contributed by atoms with van der Waals surface area (Å²) in [6.07, 6.45) is 1.78. The normalized spacial score (nSPS) is 10.4. The Kier molecular flexibility index (Phi) is 1.81. The van der Waals surface area contributed by atoms with E-state index in [2.05, 4.69) is 9.97 Å². The van der Waals surface area contributed by atoms with Crippen molar-refractivity contribution in [3.8, 4) is 6.07 Å². The molecule has 0 bridgehead atoms. The van der Waals surface area contributed by atoms with E-state index in [9.17, 15) is 0 Å². The van der Waals surface area contributed by atoms with Crippen LogP contribution in [0, 0.1) is 11.3 Å². The molecule has 0 radical (unpaired) electrons. The number of nitrogens with zero attached hydrogens (tertiary/aromatic N) is 3. The van der Waals surface area contributed by atoms with Gasteiger partial charge in [-0.1, -0.05) is 24.3 Å². The summed E-state index contributed by atoms with van der Waals surface area (Å²) in [5, 5.41) is 12.0. The summed E-state index contributed by atoms with van der Waals surface area (Å²) in [6, 6.07) is 13.6. The number of pyridine rings is 2. The largest absolute Gasteiger partial charge is 0.236 e. The smallest absolute Gasteiger partial charge is 0.161 e. The van der Waals surface area contributed by atoms with Crippen LogP contribution in [0.5, 0.6) is 0 Å². The SMILES string of the molecule is N#Cc1ccc2c(ncc3ccccc32)n1. The van der Waals surface area contributed by atoms with Crippen LogP contribution in [-0.2, 0) is 0 Å². The van der Waals surface area contributed by atoms with Crippen LogP contribution >= 0.6 is 0 Å². The van der Waals surface area contributed by atoms with Crippen molar-refractivity contribution in [3.63, 3.8) is 0 Å². The number of fused-ring (bicyclic) bond motifs is 3. The van der Waals surface area contributed by atoms with E-state index in [1.807, 2.05) is 36.4 Å². The van der Waals surface area contributed by atoms with Crippen LogP contribution in [0.4, 0.5) is 0 Å². The van der Waals surface area contributed by atoms with Crippen molar-refractivity contribution < 1.29 is 0 Å². The van der Waals surface area contributed by atoms with Gasteiger partial charge in [0, 0.05) is 17.0 Å². The van der Waals surface area contributed by atoms with Crippen molar-refractivity contribution in [1.29, 1.82) is 5.26 Å². The van der Waals surface area contributed by atoms with Crippen molar-refractivity contribution in [1.82, 2.24) is 9.97 Å². The van der Waals surface area contributed by atoms with Gasteiger partial charge in [-0.25, -0.2) is 9.97 Å². The molecule has 1 aromatic carbocycles. The average molecular weight is 205 g/mol. The fourth-order valence-electron chi connectivity index (χ4n) is 1.80. The Morgan fingerprint density at radius 3 is 2.75 bits per heavy atom. The fraction of sp³-hybridized carbons (Fsp3) is 0. The maximum Gasteiger partial charge on any atom is 0.161 e. The van der Waals surface area contributed by atoms with Gasteiger partial charge < -0.3 is 0 Å². The Labute approximate surface area is 92.0 Å². The first kappa shape index (κ1) is 8.81. The zero-order valence-corrected chi connectivity index (χ0v) is 8.38. The van der Waals surface area contributed by atoms with Gasteiger partial charge in [0.15, 0.2) is 5.65 Å². The Hall–Kier alpha value is -2.47. The number of hydrogen-bond acceptors (Lipinski definition) is 3. The molecule has 0 amide bonds. The monoisotopic (exact) mass is 205 g/mol. The van der Waals surface area contributed by atoms with E-state index in [1.165, 1.54) is 0 Å². The highest BCUT2D eigenvalue weighted by Gasteiger charge is 2.02. The number of aromatic nitrogens is 2. The lowest BCUT2D eigenvalue weighted by Crippen LogP contribution is -1.88. The molecule has 0 aliphatic rings. The molecule has 0 atom stereocenters. The molecule has 3 aromatic rings. The minimum atomic E-state index is 0.398. The zero-order valence-electron chi connectivity index (χ0n) is 8.38. The molecular formula is C13H7N3. The molecule has 16 heavy (non-hydrogen) atoms. The van der Waals surface area contributed by atoms with E-state index in [-0.39, 0.29) is 0 Å². The molecule has 2 aromatic heterocycles. The molecule has 74 valence electrons. The van der Waals surface area contributed by atoms with Gasteiger partial charge in [-0.3, -0.25) is 0 Å². The quantitative estimate of drug-likeness (QED) is 0.530. The molecule has 0 unspecified atom stereocenters. The van der Waals surface area contributed by atoms with Crippen LogP contribution in [0.3, 0.4) is 0 Å². The van der Waals surface area contributed by atoms with Gasteiger partial charge in [0.25, 0.3) is 0 Å². The van der Waals surface area contributed by atoms with Crippen molar-refractivity contribution in [2.75, 3.05) is 0 Å². The summed E-state index contributed by atoms with van der Waals surface area (Å²) in [4.78, 5) is 8.43. The maximum absolute atomic E-state index is 8.77. The standard InChI is InChI=1S/C13H7N3/c14-7-10-5-6-12-11-4-2-1-3-9(11)8-15-13(12)16-10/h1-6,8H. The number of rotatable bonds is 0. The highest BCUT2D eigenvalue weighted by molar-refractivity contribution is 6.04. The van der Waals surface area contributed by atoms with Crippen molar-refractivity contribution in [2.45, 2.75) is 0 Å². The Balaban J connectivity index is 2.49. The molecule has 0 aliphatic heterocycles. The summed E-state index contributed by atoms with van der Waals surface area (Å²) in [5.74, 6) is 0. The van der Waals surface area contributed by atoms with Crippen molar-refractivity contribution >= 4 is 21.8 Å². The molecule has 3 heteroatoms. The average Bonchev–Trinajstić information content (AvgIpc) is 2.38. The van der Waals surface area contributed by atoms with Gasteiger partial charge in [0.05, 0.1) is 0 Å². The second-order valence-corrected chi connectivity index (χ2v) is 3.52. The first-order valence-corrected chi connectivity index (χ1v) is 4.93. The third kappa shape index (κ3) is 1.21. The van der Waals surface area contributed by atoms with Crippen LogP contribution in [0.1, 0.15) is 5.69 Å². The summed E-state index contributed by atoms with van der Waals surface area (Å²) in [6.45, 7) is 0. The Morgan fingerprint density at radius 1 is 1.00 bits per heavy atom. The lowest BCUT2D eigenvalue weighted by atomic mass is 10.1. The van der Waals surface area contributed by atoms with Gasteiger partial charge in [-0.05, 0) is 17.5 Å². The predicted octanol–water partition coefficient (Wildman–Crippen LogP) is 2.65.